The molecule has 0 radical (unpaired) electrons. The van der Waals surface area contributed by atoms with Gasteiger partial charge < -0.3 is 10.4 Å². The van der Waals surface area contributed by atoms with E-state index in [1.165, 1.54) is 12.1 Å². The van der Waals surface area contributed by atoms with Crippen molar-refractivity contribution in [1.82, 2.24) is 5.32 Å². The fraction of sp³-hybridized carbons (Fsp3) is 0.562. The molecule has 118 valence electrons. The molecule has 0 aliphatic rings. The second kappa shape index (κ2) is 9.05. The third-order valence-electron chi connectivity index (χ3n) is 3.13. The molecule has 3 atom stereocenters. The number of hydrogen-bond acceptors (Lipinski definition) is 3. The van der Waals surface area contributed by atoms with Crippen molar-refractivity contribution in [2.24, 2.45) is 11.8 Å². The molecular formula is C16H24FNO2S. The minimum absolute atomic E-state index is 0.0158. The minimum Gasteiger partial charge on any atom is -0.393 e. The molecule has 3 unspecified atom stereocenters. The monoisotopic (exact) mass is 313 g/mol. The van der Waals surface area contributed by atoms with Crippen LogP contribution in [-0.4, -0.2) is 29.4 Å². The van der Waals surface area contributed by atoms with Crippen molar-refractivity contribution in [2.75, 3.05) is 12.3 Å². The second-order valence-corrected chi connectivity index (χ2v) is 6.69. The van der Waals surface area contributed by atoms with E-state index in [4.69, 9.17) is 0 Å². The summed E-state index contributed by atoms with van der Waals surface area (Å²) in [7, 11) is 0. The topological polar surface area (TPSA) is 49.3 Å². The van der Waals surface area contributed by atoms with Gasteiger partial charge in [0.15, 0.2) is 0 Å². The number of hydrogen-bond donors (Lipinski definition) is 2. The number of carbonyl (C=O) groups excluding carboxylic acids is 1. The molecule has 0 saturated heterocycles. The van der Waals surface area contributed by atoms with Crippen molar-refractivity contribution in [3.63, 3.8) is 0 Å². The summed E-state index contributed by atoms with van der Waals surface area (Å²) in [4.78, 5) is 12.9. The van der Waals surface area contributed by atoms with E-state index in [2.05, 4.69) is 5.32 Å². The molecular weight excluding hydrogens is 289 g/mol. The van der Waals surface area contributed by atoms with Gasteiger partial charge in [0.05, 0.1) is 6.10 Å². The molecule has 0 aliphatic heterocycles. The van der Waals surface area contributed by atoms with E-state index in [1.54, 1.807) is 30.8 Å². The van der Waals surface area contributed by atoms with E-state index < -0.39 is 0 Å². The molecule has 1 aromatic rings. The van der Waals surface area contributed by atoms with Crippen LogP contribution in [-0.2, 0) is 4.79 Å². The highest BCUT2D eigenvalue weighted by molar-refractivity contribution is 7.99. The molecule has 1 aromatic carbocycles. The molecule has 0 bridgehead atoms. The van der Waals surface area contributed by atoms with E-state index in [0.717, 1.165) is 4.90 Å². The summed E-state index contributed by atoms with van der Waals surface area (Å²) in [5.41, 5.74) is 0. The number of aliphatic hydroxyl groups is 1. The van der Waals surface area contributed by atoms with E-state index >= 15 is 0 Å². The van der Waals surface area contributed by atoms with Gasteiger partial charge >= 0.3 is 0 Å². The zero-order chi connectivity index (χ0) is 15.8. The SMILES string of the molecule is CC(O)CC(C)CNC(=O)C(C)CSc1ccc(F)cc1. The number of amides is 1. The highest BCUT2D eigenvalue weighted by Crippen LogP contribution is 2.21. The molecule has 3 nitrogen and oxygen atoms in total. The van der Waals surface area contributed by atoms with Gasteiger partial charge in [-0.1, -0.05) is 13.8 Å². The Morgan fingerprint density at radius 2 is 1.90 bits per heavy atom. The smallest absolute Gasteiger partial charge is 0.223 e. The van der Waals surface area contributed by atoms with Crippen LogP contribution in [0.25, 0.3) is 0 Å². The third-order valence-corrected chi connectivity index (χ3v) is 4.40. The van der Waals surface area contributed by atoms with Crippen LogP contribution >= 0.6 is 11.8 Å². The Hall–Kier alpha value is -1.07. The standard InChI is InChI=1S/C16H24FNO2S/c1-11(8-13(3)19)9-18-16(20)12(2)10-21-15-6-4-14(17)5-7-15/h4-7,11-13,19H,8-10H2,1-3H3,(H,18,20). The molecule has 0 aromatic heterocycles. The first kappa shape index (κ1) is 18.0. The van der Waals surface area contributed by atoms with Gasteiger partial charge in [0.2, 0.25) is 5.91 Å². The zero-order valence-electron chi connectivity index (χ0n) is 12.8. The van der Waals surface area contributed by atoms with Crippen molar-refractivity contribution in [3.05, 3.63) is 30.1 Å². The zero-order valence-corrected chi connectivity index (χ0v) is 13.6. The summed E-state index contributed by atoms with van der Waals surface area (Å²) in [6.07, 6.45) is 0.335. The maximum absolute atomic E-state index is 12.8. The van der Waals surface area contributed by atoms with Crippen LogP contribution in [0.5, 0.6) is 0 Å². The summed E-state index contributed by atoms with van der Waals surface area (Å²) in [5, 5.41) is 12.2. The van der Waals surface area contributed by atoms with Gasteiger partial charge in [-0.3, -0.25) is 4.79 Å². The molecule has 1 amide bonds. The predicted molar refractivity (Wildman–Crippen MR) is 84.8 cm³/mol. The Kier molecular flexibility index (Phi) is 7.75. The van der Waals surface area contributed by atoms with Crippen LogP contribution in [0.4, 0.5) is 4.39 Å². The second-order valence-electron chi connectivity index (χ2n) is 5.60. The average molecular weight is 313 g/mol. The molecule has 0 heterocycles. The van der Waals surface area contributed by atoms with Gasteiger partial charge in [0, 0.05) is 23.1 Å². The third kappa shape index (κ3) is 7.48. The van der Waals surface area contributed by atoms with E-state index in [1.807, 2.05) is 13.8 Å². The minimum atomic E-state index is -0.344. The first-order chi connectivity index (χ1) is 9.88. The van der Waals surface area contributed by atoms with Crippen LogP contribution in [0.1, 0.15) is 27.2 Å². The fourth-order valence-corrected chi connectivity index (χ4v) is 2.86. The van der Waals surface area contributed by atoms with Gasteiger partial charge in [0.25, 0.3) is 0 Å². The average Bonchev–Trinajstić information content (AvgIpc) is 2.43. The van der Waals surface area contributed by atoms with Gasteiger partial charge in [-0.05, 0) is 43.5 Å². The number of nitrogens with one attached hydrogen (secondary N) is 1. The summed E-state index contributed by atoms with van der Waals surface area (Å²) in [5.74, 6) is 0.561. The quantitative estimate of drug-likeness (QED) is 0.725. The van der Waals surface area contributed by atoms with Crippen molar-refractivity contribution in [2.45, 2.75) is 38.2 Å². The number of benzene rings is 1. The highest BCUT2D eigenvalue weighted by Gasteiger charge is 2.14. The van der Waals surface area contributed by atoms with Gasteiger partial charge in [-0.15, -0.1) is 11.8 Å². The van der Waals surface area contributed by atoms with Gasteiger partial charge in [-0.25, -0.2) is 4.39 Å². The van der Waals surface area contributed by atoms with Gasteiger partial charge in [-0.2, -0.15) is 0 Å². The molecule has 0 saturated carbocycles. The Morgan fingerprint density at radius 1 is 1.29 bits per heavy atom. The first-order valence-corrected chi connectivity index (χ1v) is 8.21. The Bertz CT molecular complexity index is 436. The van der Waals surface area contributed by atoms with Crippen LogP contribution in [0, 0.1) is 17.7 Å². The predicted octanol–water partition coefficient (Wildman–Crippen LogP) is 3.08. The Morgan fingerprint density at radius 3 is 2.48 bits per heavy atom. The number of halogens is 1. The molecule has 0 fully saturated rings. The number of rotatable bonds is 8. The Labute approximate surface area is 130 Å². The number of carbonyl (C=O) groups is 1. The largest absolute Gasteiger partial charge is 0.393 e. The molecule has 5 heteroatoms. The number of thioether (sulfide) groups is 1. The molecule has 0 aliphatic carbocycles. The van der Waals surface area contributed by atoms with E-state index in [0.29, 0.717) is 18.7 Å². The lowest BCUT2D eigenvalue weighted by Gasteiger charge is -2.16. The van der Waals surface area contributed by atoms with E-state index in [-0.39, 0.29) is 29.7 Å². The lowest BCUT2D eigenvalue weighted by molar-refractivity contribution is -0.124. The maximum atomic E-state index is 12.8. The van der Waals surface area contributed by atoms with Crippen LogP contribution in [0.15, 0.2) is 29.2 Å². The van der Waals surface area contributed by atoms with Crippen molar-refractivity contribution >= 4 is 17.7 Å². The van der Waals surface area contributed by atoms with Crippen molar-refractivity contribution in [1.29, 1.82) is 0 Å². The fourth-order valence-electron chi connectivity index (χ4n) is 1.94. The van der Waals surface area contributed by atoms with E-state index in [9.17, 15) is 14.3 Å². The van der Waals surface area contributed by atoms with Crippen LogP contribution < -0.4 is 5.32 Å². The number of aliphatic hydroxyl groups excluding tert-OH is 1. The summed E-state index contributed by atoms with van der Waals surface area (Å²) >= 11 is 1.54. The first-order valence-electron chi connectivity index (χ1n) is 7.22. The molecule has 2 N–H and O–H groups in total. The normalized spacial score (nSPS) is 15.3. The molecule has 21 heavy (non-hydrogen) atoms. The molecule has 0 spiro atoms. The van der Waals surface area contributed by atoms with Crippen LogP contribution in [0.2, 0.25) is 0 Å². The lowest BCUT2D eigenvalue weighted by atomic mass is 10.0. The van der Waals surface area contributed by atoms with Crippen molar-refractivity contribution < 1.29 is 14.3 Å². The Balaban J connectivity index is 2.29. The highest BCUT2D eigenvalue weighted by atomic mass is 32.2. The van der Waals surface area contributed by atoms with Gasteiger partial charge in [0.1, 0.15) is 5.82 Å². The summed E-state index contributed by atoms with van der Waals surface area (Å²) in [6.45, 7) is 6.21. The maximum Gasteiger partial charge on any atom is 0.223 e. The summed E-state index contributed by atoms with van der Waals surface area (Å²) in [6, 6.07) is 6.28. The summed E-state index contributed by atoms with van der Waals surface area (Å²) < 4.78 is 12.8. The lowest BCUT2D eigenvalue weighted by Crippen LogP contribution is -2.34. The van der Waals surface area contributed by atoms with Crippen LogP contribution in [0.3, 0.4) is 0 Å². The molecule has 1 rings (SSSR count). The van der Waals surface area contributed by atoms with Crippen molar-refractivity contribution in [3.8, 4) is 0 Å².